The highest BCUT2D eigenvalue weighted by Crippen LogP contribution is 2.27. The molecular formula is C25H23ClFN5O3. The van der Waals surface area contributed by atoms with Gasteiger partial charge in [0.15, 0.2) is 0 Å². The summed E-state index contributed by atoms with van der Waals surface area (Å²) in [4.78, 5) is 28.8. The number of hydrogen-bond donors (Lipinski definition) is 2. The molecule has 4 aromatic rings. The van der Waals surface area contributed by atoms with Crippen LogP contribution in [0.3, 0.4) is 0 Å². The van der Waals surface area contributed by atoms with E-state index in [1.54, 1.807) is 23.9 Å². The van der Waals surface area contributed by atoms with Gasteiger partial charge in [0.1, 0.15) is 5.82 Å². The van der Waals surface area contributed by atoms with Crippen LogP contribution >= 0.6 is 11.6 Å². The number of carbonyl (C=O) groups excluding carboxylic acids is 1. The number of aromatic amines is 1. The molecule has 0 aliphatic heterocycles. The lowest BCUT2D eigenvalue weighted by Gasteiger charge is -2.17. The molecule has 0 saturated carbocycles. The summed E-state index contributed by atoms with van der Waals surface area (Å²) in [5.41, 5.74) is 2.67. The Bertz CT molecular complexity index is 1370. The molecule has 0 saturated heterocycles. The number of pyridine rings is 2. The largest absolute Gasteiger partial charge is 0.384 e. The number of carbonyl (C=O) groups is 1. The first kappa shape index (κ1) is 24.3. The maximum Gasteiger partial charge on any atom is 0.255 e. The van der Waals surface area contributed by atoms with E-state index < -0.39 is 11.7 Å². The normalized spacial score (nSPS) is 11.9. The number of ether oxygens (including phenoxy) is 1. The minimum atomic E-state index is -0.597. The molecule has 3 aromatic heterocycles. The van der Waals surface area contributed by atoms with E-state index in [4.69, 9.17) is 16.3 Å². The van der Waals surface area contributed by atoms with E-state index in [1.807, 2.05) is 30.3 Å². The second kappa shape index (κ2) is 11.1. The number of aromatic nitrogens is 4. The molecule has 0 aliphatic carbocycles. The Kier molecular flexibility index (Phi) is 7.69. The SMILES string of the molecule is COCC(c1ccc(Cn2ccccc2=O)cc1)c1n[nH]cc1C(=O)NCc1ncc(Cl)cc1F. The van der Waals surface area contributed by atoms with E-state index in [1.165, 1.54) is 18.5 Å². The van der Waals surface area contributed by atoms with Crippen LogP contribution in [-0.2, 0) is 17.8 Å². The van der Waals surface area contributed by atoms with Gasteiger partial charge in [-0.15, -0.1) is 0 Å². The number of H-pyrrole nitrogens is 1. The van der Waals surface area contributed by atoms with Gasteiger partial charge in [0.2, 0.25) is 0 Å². The van der Waals surface area contributed by atoms with Crippen LogP contribution in [0, 0.1) is 5.82 Å². The van der Waals surface area contributed by atoms with Gasteiger partial charge in [0.05, 0.1) is 47.6 Å². The van der Waals surface area contributed by atoms with Crippen LogP contribution in [0.5, 0.6) is 0 Å². The molecule has 0 aliphatic rings. The van der Waals surface area contributed by atoms with Crippen molar-refractivity contribution in [3.63, 3.8) is 0 Å². The van der Waals surface area contributed by atoms with Crippen LogP contribution in [0.1, 0.15) is 38.8 Å². The number of benzene rings is 1. The van der Waals surface area contributed by atoms with Gasteiger partial charge < -0.3 is 14.6 Å². The minimum Gasteiger partial charge on any atom is -0.384 e. The Hall–Kier alpha value is -3.82. The third-order valence-corrected chi connectivity index (χ3v) is 5.72. The molecule has 0 bridgehead atoms. The Morgan fingerprint density at radius 1 is 1.26 bits per heavy atom. The molecule has 2 N–H and O–H groups in total. The first-order chi connectivity index (χ1) is 17.0. The highest BCUT2D eigenvalue weighted by Gasteiger charge is 2.24. The molecule has 8 nitrogen and oxygen atoms in total. The molecule has 4 rings (SSSR count). The monoisotopic (exact) mass is 495 g/mol. The highest BCUT2D eigenvalue weighted by atomic mass is 35.5. The van der Waals surface area contributed by atoms with Gasteiger partial charge in [-0.25, -0.2) is 4.39 Å². The quantitative estimate of drug-likeness (QED) is 0.370. The predicted octanol–water partition coefficient (Wildman–Crippen LogP) is 3.52. The summed E-state index contributed by atoms with van der Waals surface area (Å²) < 4.78 is 21.0. The molecule has 35 heavy (non-hydrogen) atoms. The second-order valence-electron chi connectivity index (χ2n) is 7.87. The van der Waals surface area contributed by atoms with Crippen LogP contribution in [0.25, 0.3) is 0 Å². The lowest BCUT2D eigenvalue weighted by molar-refractivity contribution is 0.0948. The Morgan fingerprint density at radius 2 is 2.06 bits per heavy atom. The molecule has 1 atom stereocenters. The van der Waals surface area contributed by atoms with Gasteiger partial charge >= 0.3 is 0 Å². The smallest absolute Gasteiger partial charge is 0.255 e. The van der Waals surface area contributed by atoms with Crippen LogP contribution in [0.2, 0.25) is 5.02 Å². The molecule has 10 heteroatoms. The molecule has 0 spiro atoms. The van der Waals surface area contributed by atoms with Crippen LogP contribution in [-0.4, -0.2) is 39.4 Å². The fraction of sp³-hybridized carbons (Fsp3) is 0.200. The van der Waals surface area contributed by atoms with Gasteiger partial charge in [0.25, 0.3) is 11.5 Å². The van der Waals surface area contributed by atoms with Gasteiger partial charge in [0, 0.05) is 31.8 Å². The molecule has 180 valence electrons. The highest BCUT2D eigenvalue weighted by molar-refractivity contribution is 6.30. The van der Waals surface area contributed by atoms with E-state index in [-0.39, 0.29) is 35.3 Å². The van der Waals surface area contributed by atoms with Crippen LogP contribution in [0.15, 0.2) is 71.9 Å². The lowest BCUT2D eigenvalue weighted by Crippen LogP contribution is -2.25. The fourth-order valence-electron chi connectivity index (χ4n) is 3.72. The molecule has 1 unspecified atom stereocenters. The zero-order chi connectivity index (χ0) is 24.8. The number of nitrogens with one attached hydrogen (secondary N) is 2. The summed E-state index contributed by atoms with van der Waals surface area (Å²) in [5.74, 6) is -1.35. The third-order valence-electron chi connectivity index (χ3n) is 5.51. The topological polar surface area (TPSA) is 102 Å². The lowest BCUT2D eigenvalue weighted by atomic mass is 9.93. The average molecular weight is 496 g/mol. The number of methoxy groups -OCH3 is 1. The average Bonchev–Trinajstić information content (AvgIpc) is 3.34. The number of hydrogen-bond acceptors (Lipinski definition) is 5. The molecule has 0 radical (unpaired) electrons. The van der Waals surface area contributed by atoms with Gasteiger partial charge in [-0.05, 0) is 23.3 Å². The molecular weight excluding hydrogens is 473 g/mol. The second-order valence-corrected chi connectivity index (χ2v) is 8.30. The first-order valence-corrected chi connectivity index (χ1v) is 11.2. The summed E-state index contributed by atoms with van der Waals surface area (Å²) in [5, 5.41) is 9.90. The Labute approximate surface area is 205 Å². The molecule has 0 fully saturated rings. The fourth-order valence-corrected chi connectivity index (χ4v) is 3.87. The van der Waals surface area contributed by atoms with Crippen molar-refractivity contribution < 1.29 is 13.9 Å². The Balaban J connectivity index is 1.51. The molecule has 1 amide bonds. The number of nitrogens with zero attached hydrogens (tertiary/aromatic N) is 3. The zero-order valence-corrected chi connectivity index (χ0v) is 19.6. The van der Waals surface area contributed by atoms with Crippen molar-refractivity contribution in [2.24, 2.45) is 0 Å². The van der Waals surface area contributed by atoms with Gasteiger partial charge in [-0.1, -0.05) is 41.9 Å². The molecule has 3 heterocycles. The number of rotatable bonds is 9. The minimum absolute atomic E-state index is 0.0744. The summed E-state index contributed by atoms with van der Waals surface area (Å²) in [6.45, 7) is 0.630. The van der Waals surface area contributed by atoms with Crippen molar-refractivity contribution in [2.45, 2.75) is 19.0 Å². The van der Waals surface area contributed by atoms with Gasteiger partial charge in [-0.3, -0.25) is 19.7 Å². The Morgan fingerprint density at radius 3 is 2.77 bits per heavy atom. The van der Waals surface area contributed by atoms with Crippen molar-refractivity contribution in [3.8, 4) is 0 Å². The van der Waals surface area contributed by atoms with Gasteiger partial charge in [-0.2, -0.15) is 5.10 Å². The maximum absolute atomic E-state index is 14.0. The summed E-state index contributed by atoms with van der Waals surface area (Å²) >= 11 is 5.73. The third kappa shape index (κ3) is 5.82. The van der Waals surface area contributed by atoms with E-state index >= 15 is 0 Å². The van der Waals surface area contributed by atoms with E-state index in [9.17, 15) is 14.0 Å². The number of halogens is 2. The van der Waals surface area contributed by atoms with Crippen molar-refractivity contribution in [2.75, 3.05) is 13.7 Å². The van der Waals surface area contributed by atoms with Crippen molar-refractivity contribution in [1.82, 2.24) is 25.1 Å². The van der Waals surface area contributed by atoms with Crippen LogP contribution < -0.4 is 10.9 Å². The number of amides is 1. The summed E-state index contributed by atoms with van der Waals surface area (Å²) in [6, 6.07) is 13.9. The zero-order valence-electron chi connectivity index (χ0n) is 18.9. The first-order valence-electron chi connectivity index (χ1n) is 10.8. The summed E-state index contributed by atoms with van der Waals surface area (Å²) in [7, 11) is 1.57. The van der Waals surface area contributed by atoms with Crippen molar-refractivity contribution in [3.05, 3.63) is 116 Å². The summed E-state index contributed by atoms with van der Waals surface area (Å²) in [6.07, 6.45) is 4.56. The van der Waals surface area contributed by atoms with Crippen molar-refractivity contribution >= 4 is 17.5 Å². The van der Waals surface area contributed by atoms with E-state index in [0.29, 0.717) is 17.8 Å². The van der Waals surface area contributed by atoms with Crippen LogP contribution in [0.4, 0.5) is 4.39 Å². The predicted molar refractivity (Wildman–Crippen MR) is 129 cm³/mol. The standard InChI is InChI=1S/C25H23ClFN5O3/c1-35-15-20(17-7-5-16(6-8-17)14-32-9-3-2-4-23(32)33)24-19(12-30-31-24)25(34)29-13-22-21(27)10-18(26)11-28-22/h2-12,20H,13-15H2,1H3,(H,29,34)(H,30,31). The maximum atomic E-state index is 14.0. The van der Waals surface area contributed by atoms with E-state index in [2.05, 4.69) is 20.5 Å². The van der Waals surface area contributed by atoms with E-state index in [0.717, 1.165) is 17.2 Å². The molecule has 1 aromatic carbocycles. The van der Waals surface area contributed by atoms with Crippen molar-refractivity contribution in [1.29, 1.82) is 0 Å².